The molecule has 0 spiro atoms. The normalized spacial score (nSPS) is 10.9. The van der Waals surface area contributed by atoms with Crippen LogP contribution in [-0.4, -0.2) is 27.4 Å². The smallest absolute Gasteiger partial charge is 0.179 e. The highest BCUT2D eigenvalue weighted by Crippen LogP contribution is 2.37. The molecular formula is C101H99N5Si. The molecule has 5 nitrogen and oxygen atoms in total. The highest BCUT2D eigenvalue weighted by molar-refractivity contribution is 7.19. The number of hydrogen-bond donors (Lipinski definition) is 0. The predicted molar refractivity (Wildman–Crippen MR) is 462 cm³/mol. The minimum Gasteiger partial charge on any atom is -0.311 e. The van der Waals surface area contributed by atoms with Crippen LogP contribution in [0.3, 0.4) is 0 Å². The molecule has 532 valence electrons. The monoisotopic (exact) mass is 1410 g/mol. The third-order valence-corrected chi connectivity index (χ3v) is 24.6. The second-order valence-electron chi connectivity index (χ2n) is 29.2. The van der Waals surface area contributed by atoms with E-state index in [1.54, 1.807) is 0 Å². The van der Waals surface area contributed by atoms with Crippen LogP contribution in [0.25, 0.3) is 56.0 Å². The van der Waals surface area contributed by atoms with Crippen molar-refractivity contribution in [2.75, 3.05) is 4.90 Å². The second-order valence-corrected chi connectivity index (χ2v) is 33.0. The molecule has 16 aromatic rings. The Hall–Kier alpha value is -12.0. The SMILES string of the molecule is Cc1cc(C)cc(C)c1.Cc1ccc(-c2nnc(-c3ccc(C)cc3)n2-c2ccc(C)cc2)cc1.Cc1ccc(-n2c3cc(C)ccc3c3ccc(C)cc32)cc1.Cc1ccc(N(c2ccc(C)cc2)c2ccc(C)cc2)cc1.Cc1ccc([Si](c2ccccc2)(c2ccc(C)cc2)c2ccc(C)cc2)cc1. The molecule has 16 rings (SSSR count). The van der Waals surface area contributed by atoms with Gasteiger partial charge >= 0.3 is 0 Å². The Morgan fingerprint density at radius 3 is 0.757 bits per heavy atom. The molecule has 2 aromatic heterocycles. The number of aromatic nitrogens is 4. The lowest BCUT2D eigenvalue weighted by molar-refractivity contribution is 1.07. The summed E-state index contributed by atoms with van der Waals surface area (Å²) in [4.78, 5) is 2.29. The predicted octanol–water partition coefficient (Wildman–Crippen LogP) is 23.9. The maximum Gasteiger partial charge on any atom is 0.179 e. The van der Waals surface area contributed by atoms with Crippen molar-refractivity contribution in [1.82, 2.24) is 19.3 Å². The molecule has 0 saturated heterocycles. The van der Waals surface area contributed by atoms with Gasteiger partial charge in [0.1, 0.15) is 0 Å². The van der Waals surface area contributed by atoms with Gasteiger partial charge in [-0.2, -0.15) is 0 Å². The van der Waals surface area contributed by atoms with Gasteiger partial charge in [-0.25, -0.2) is 0 Å². The fourth-order valence-corrected chi connectivity index (χ4v) is 18.7. The summed E-state index contributed by atoms with van der Waals surface area (Å²) in [6, 6.07) is 119. The Kier molecular flexibility index (Phi) is 23.7. The molecule has 6 heteroatoms. The molecule has 0 saturated carbocycles. The summed E-state index contributed by atoms with van der Waals surface area (Å²) >= 11 is 0. The third-order valence-electron chi connectivity index (χ3n) is 19.8. The Balaban J connectivity index is 0.000000129. The van der Waals surface area contributed by atoms with Crippen LogP contribution in [0.2, 0.25) is 0 Å². The van der Waals surface area contributed by atoms with Crippen molar-refractivity contribution in [2.45, 2.75) is 104 Å². The Labute approximate surface area is 636 Å². The van der Waals surface area contributed by atoms with E-state index in [1.165, 1.54) is 149 Å². The maximum absolute atomic E-state index is 4.53. The number of rotatable bonds is 11. The van der Waals surface area contributed by atoms with Crippen LogP contribution in [0.1, 0.15) is 83.5 Å². The van der Waals surface area contributed by atoms with Crippen molar-refractivity contribution < 1.29 is 0 Å². The van der Waals surface area contributed by atoms with Crippen molar-refractivity contribution in [1.29, 1.82) is 0 Å². The van der Waals surface area contributed by atoms with Crippen molar-refractivity contribution >= 4 is 67.7 Å². The van der Waals surface area contributed by atoms with E-state index in [0.29, 0.717) is 0 Å². The summed E-state index contributed by atoms with van der Waals surface area (Å²) in [6.45, 7) is 31.9. The van der Waals surface area contributed by atoms with Gasteiger partial charge in [-0.15, -0.1) is 10.2 Å². The Morgan fingerprint density at radius 2 is 0.458 bits per heavy atom. The summed E-state index contributed by atoms with van der Waals surface area (Å²) in [7, 11) is -2.37. The highest BCUT2D eigenvalue weighted by Gasteiger charge is 2.41. The average molecular weight is 1410 g/mol. The summed E-state index contributed by atoms with van der Waals surface area (Å²) in [5.41, 5.74) is 29.8. The number of hydrogen-bond acceptors (Lipinski definition) is 3. The van der Waals surface area contributed by atoms with Gasteiger partial charge in [-0.3, -0.25) is 4.57 Å². The summed E-state index contributed by atoms with van der Waals surface area (Å²) in [6.07, 6.45) is 0. The van der Waals surface area contributed by atoms with E-state index < -0.39 is 8.07 Å². The van der Waals surface area contributed by atoms with Crippen LogP contribution in [-0.2, 0) is 0 Å². The van der Waals surface area contributed by atoms with Crippen LogP contribution in [0.4, 0.5) is 17.1 Å². The molecule has 14 aromatic carbocycles. The lowest BCUT2D eigenvalue weighted by Crippen LogP contribution is -2.74. The van der Waals surface area contributed by atoms with Gasteiger partial charge < -0.3 is 9.47 Å². The molecule has 0 bridgehead atoms. The first-order chi connectivity index (χ1) is 51.7. The van der Waals surface area contributed by atoms with Gasteiger partial charge in [-0.05, 0) is 209 Å². The van der Waals surface area contributed by atoms with Gasteiger partial charge in [0.05, 0.1) is 11.0 Å². The minimum absolute atomic E-state index is 0.851. The van der Waals surface area contributed by atoms with Crippen molar-refractivity contribution in [3.63, 3.8) is 0 Å². The molecule has 0 N–H and O–H groups in total. The van der Waals surface area contributed by atoms with Crippen LogP contribution in [0.15, 0.2) is 328 Å². The van der Waals surface area contributed by atoms with E-state index in [9.17, 15) is 0 Å². The van der Waals surface area contributed by atoms with Gasteiger partial charge in [0, 0.05) is 50.3 Å². The fourth-order valence-electron chi connectivity index (χ4n) is 14.0. The summed E-state index contributed by atoms with van der Waals surface area (Å²) in [5.74, 6) is 1.70. The molecule has 0 aliphatic rings. The quantitative estimate of drug-likeness (QED) is 0.0957. The first-order valence-electron chi connectivity index (χ1n) is 37.2. The van der Waals surface area contributed by atoms with E-state index >= 15 is 0 Å². The number of benzene rings is 14. The molecule has 107 heavy (non-hydrogen) atoms. The van der Waals surface area contributed by atoms with Gasteiger partial charge in [0.25, 0.3) is 0 Å². The first-order valence-corrected chi connectivity index (χ1v) is 39.2. The first kappa shape index (κ1) is 74.7. The van der Waals surface area contributed by atoms with Crippen LogP contribution in [0, 0.1) is 104 Å². The van der Waals surface area contributed by atoms with E-state index in [-0.39, 0.29) is 0 Å². The molecular weight excluding hydrogens is 1310 g/mol. The highest BCUT2D eigenvalue weighted by atomic mass is 28.3. The summed E-state index contributed by atoms with van der Waals surface area (Å²) < 4.78 is 4.51. The van der Waals surface area contributed by atoms with Gasteiger partial charge in [0.15, 0.2) is 19.7 Å². The fraction of sp³-hybridized carbons (Fsp3) is 0.149. The van der Waals surface area contributed by atoms with Crippen molar-refractivity contribution in [3.05, 3.63) is 411 Å². The molecule has 0 atom stereocenters. The topological polar surface area (TPSA) is 38.9 Å². The zero-order valence-corrected chi connectivity index (χ0v) is 65.9. The summed E-state index contributed by atoms with van der Waals surface area (Å²) in [5, 5.41) is 17.4. The Bertz CT molecular complexity index is 5190. The van der Waals surface area contributed by atoms with Crippen LogP contribution >= 0.6 is 0 Å². The molecule has 0 unspecified atom stereocenters. The molecule has 0 amide bonds. The lowest BCUT2D eigenvalue weighted by Gasteiger charge is -2.34. The lowest BCUT2D eigenvalue weighted by atomic mass is 10.1. The zero-order chi connectivity index (χ0) is 75.3. The molecule has 0 aliphatic carbocycles. The molecule has 0 aliphatic heterocycles. The van der Waals surface area contributed by atoms with E-state index in [4.69, 9.17) is 0 Å². The molecule has 0 fully saturated rings. The standard InChI is InChI=1S/C27H26Si.C23H21N3.C21H19N.C21H21N.C9H12/c1-21-9-15-25(16-10-21)28(24-7-5-4-6-8-24,26-17-11-22(2)12-18-26)27-19-13-23(3)14-20-27;1-16-4-10-19(11-5-16)22-24-25-23(20-12-6-17(2)7-13-20)26(22)21-14-8-18(3)9-15-21;1-14-4-8-17(9-5-14)22-20-12-15(2)6-10-18(20)19-11-7-16(3)13-21(19)22;1-16-4-10-19(11-5-16)22(20-12-6-17(2)7-13-20)21-14-8-18(3)9-15-21;1-7-4-8(2)6-9(3)5-7/h4-20H,1-3H3;4-15H,1-3H3;4-13H,1-3H3;4-15H,1-3H3;4-6H,1-3H3. The average Bonchev–Trinajstić information content (AvgIpc) is 1.74. The van der Waals surface area contributed by atoms with Gasteiger partial charge in [-0.1, -0.05) is 327 Å². The van der Waals surface area contributed by atoms with Gasteiger partial charge in [0.2, 0.25) is 0 Å². The Morgan fingerprint density at radius 1 is 0.215 bits per heavy atom. The van der Waals surface area contributed by atoms with Crippen molar-refractivity contribution in [2.24, 2.45) is 0 Å². The number of aryl methyl sites for hydroxylation is 15. The number of anilines is 3. The maximum atomic E-state index is 4.53. The third kappa shape index (κ3) is 17.9. The van der Waals surface area contributed by atoms with Crippen molar-refractivity contribution in [3.8, 4) is 34.2 Å². The molecule has 2 heterocycles. The second kappa shape index (κ2) is 33.9. The number of fused-ring (bicyclic) bond motifs is 3. The molecule has 0 radical (unpaired) electrons. The van der Waals surface area contributed by atoms with Crippen LogP contribution in [0.5, 0.6) is 0 Å². The number of nitrogens with zero attached hydrogens (tertiary/aromatic N) is 5. The zero-order valence-electron chi connectivity index (χ0n) is 64.9. The van der Waals surface area contributed by atoms with E-state index in [2.05, 4.69) is 456 Å². The van der Waals surface area contributed by atoms with Crippen LogP contribution < -0.4 is 25.6 Å². The van der Waals surface area contributed by atoms with E-state index in [1.807, 2.05) is 0 Å². The van der Waals surface area contributed by atoms with E-state index in [0.717, 1.165) is 28.5 Å². The largest absolute Gasteiger partial charge is 0.311 e. The minimum atomic E-state index is -2.37.